The molecule has 0 amide bonds. The molecule has 0 radical (unpaired) electrons. The average molecular weight is 353 g/mol. The van der Waals surface area contributed by atoms with E-state index in [1.54, 1.807) is 24.3 Å². The van der Waals surface area contributed by atoms with Crippen molar-refractivity contribution in [1.82, 2.24) is 0 Å². The lowest BCUT2D eigenvalue weighted by molar-refractivity contribution is 0.0686. The number of hydrogen-bond donors (Lipinski definition) is 2. The molecular weight excluding hydrogens is 344 g/mol. The molecule has 6 nitrogen and oxygen atoms in total. The predicted molar refractivity (Wildman–Crippen MR) is 90.3 cm³/mol. The van der Waals surface area contributed by atoms with Crippen molar-refractivity contribution in [2.45, 2.75) is 0 Å². The Balaban J connectivity index is 0.00000225. The summed E-state index contributed by atoms with van der Waals surface area (Å²) in [5, 5.41) is 36.8. The molecule has 3 rings (SSSR count). The van der Waals surface area contributed by atoms with E-state index in [0.29, 0.717) is 22.3 Å². The highest BCUT2D eigenvalue weighted by Crippen LogP contribution is 2.46. The first-order valence-electron chi connectivity index (χ1n) is 6.78. The van der Waals surface area contributed by atoms with Gasteiger partial charge in [-0.2, -0.15) is 10.5 Å². The summed E-state index contributed by atoms with van der Waals surface area (Å²) in [6.07, 6.45) is 0. The monoisotopic (exact) mass is 352 g/mol. The van der Waals surface area contributed by atoms with Crippen LogP contribution in [0.25, 0.3) is 16.7 Å². The summed E-state index contributed by atoms with van der Waals surface area (Å²) in [5.41, 5.74) is 2.29. The number of aromatic carboxylic acids is 2. The topological polar surface area (TPSA) is 122 Å². The van der Waals surface area contributed by atoms with Gasteiger partial charge in [0, 0.05) is 5.57 Å². The molecule has 2 aromatic rings. The van der Waals surface area contributed by atoms with Crippen LogP contribution in [0.2, 0.25) is 0 Å². The number of rotatable bonds is 2. The van der Waals surface area contributed by atoms with Crippen LogP contribution < -0.4 is 0 Å². The molecule has 7 heteroatoms. The quantitative estimate of drug-likeness (QED) is 0.682. The summed E-state index contributed by atoms with van der Waals surface area (Å²) in [6.45, 7) is 0. The lowest BCUT2D eigenvalue weighted by atomic mass is 9.97. The van der Waals surface area contributed by atoms with Gasteiger partial charge in [0.1, 0.15) is 17.7 Å². The van der Waals surface area contributed by atoms with Gasteiger partial charge in [-0.15, -0.1) is 12.4 Å². The average Bonchev–Trinajstić information content (AvgIpc) is 2.89. The third-order valence-corrected chi connectivity index (χ3v) is 3.84. The van der Waals surface area contributed by atoms with E-state index in [0.717, 1.165) is 0 Å². The lowest BCUT2D eigenvalue weighted by Gasteiger charge is -2.04. The van der Waals surface area contributed by atoms with Gasteiger partial charge in [-0.3, -0.25) is 0 Å². The third-order valence-electron chi connectivity index (χ3n) is 3.84. The molecule has 0 saturated carbocycles. The molecule has 0 aliphatic heterocycles. The van der Waals surface area contributed by atoms with Crippen LogP contribution in [0.3, 0.4) is 0 Å². The zero-order chi connectivity index (χ0) is 17.4. The number of halogens is 1. The number of hydrogen-bond acceptors (Lipinski definition) is 4. The van der Waals surface area contributed by atoms with E-state index in [9.17, 15) is 20.1 Å². The minimum absolute atomic E-state index is 0. The Morgan fingerprint density at radius 3 is 1.48 bits per heavy atom. The molecule has 122 valence electrons. The van der Waals surface area contributed by atoms with E-state index in [4.69, 9.17) is 10.2 Å². The molecule has 1 aliphatic rings. The van der Waals surface area contributed by atoms with Gasteiger partial charge in [-0.1, -0.05) is 12.1 Å². The van der Waals surface area contributed by atoms with Crippen molar-refractivity contribution < 1.29 is 19.8 Å². The third kappa shape index (κ3) is 2.72. The standard InChI is InChI=1S/C18H8N2O4.ClH/c19-7-11(8-20)16-14-5-9(17(21)22)1-3-12(14)13-4-2-10(18(23)24)6-15(13)16;/h1-6H,(H,21,22)(H,23,24);1H. The van der Waals surface area contributed by atoms with Crippen LogP contribution in [0.15, 0.2) is 42.0 Å². The van der Waals surface area contributed by atoms with Crippen molar-refractivity contribution in [3.8, 4) is 23.3 Å². The Morgan fingerprint density at radius 2 is 1.16 bits per heavy atom. The maximum atomic E-state index is 11.2. The second-order valence-corrected chi connectivity index (χ2v) is 5.10. The van der Waals surface area contributed by atoms with Crippen molar-refractivity contribution in [3.63, 3.8) is 0 Å². The second-order valence-electron chi connectivity index (χ2n) is 5.10. The predicted octanol–water partition coefficient (Wildman–Crippen LogP) is 3.33. The van der Waals surface area contributed by atoms with Crippen LogP contribution in [0.5, 0.6) is 0 Å². The van der Waals surface area contributed by atoms with E-state index in [2.05, 4.69) is 0 Å². The highest BCUT2D eigenvalue weighted by atomic mass is 35.5. The molecule has 2 N–H and O–H groups in total. The maximum Gasteiger partial charge on any atom is 0.335 e. The Kier molecular flexibility index (Phi) is 4.60. The van der Waals surface area contributed by atoms with Gasteiger partial charge in [0.25, 0.3) is 0 Å². The van der Waals surface area contributed by atoms with Gasteiger partial charge in [0.05, 0.1) is 11.1 Å². The number of fused-ring (bicyclic) bond motifs is 3. The Labute approximate surface area is 148 Å². The SMILES string of the molecule is Cl.N#CC(C#N)=C1c2cc(C(=O)O)ccc2-c2ccc(C(=O)O)cc21. The van der Waals surface area contributed by atoms with Crippen molar-refractivity contribution >= 4 is 29.9 Å². The fraction of sp³-hybridized carbons (Fsp3) is 0. The largest absolute Gasteiger partial charge is 0.478 e. The van der Waals surface area contributed by atoms with Crippen LogP contribution >= 0.6 is 12.4 Å². The normalized spacial score (nSPS) is 10.6. The first-order chi connectivity index (χ1) is 11.5. The minimum atomic E-state index is -1.13. The molecule has 0 unspecified atom stereocenters. The summed E-state index contributed by atoms with van der Waals surface area (Å²) < 4.78 is 0. The van der Waals surface area contributed by atoms with Gasteiger partial charge in [0.2, 0.25) is 0 Å². The summed E-state index contributed by atoms with van der Waals surface area (Å²) in [7, 11) is 0. The van der Waals surface area contributed by atoms with E-state index in [1.807, 2.05) is 0 Å². The molecule has 0 fully saturated rings. The lowest BCUT2D eigenvalue weighted by Crippen LogP contribution is -1.98. The van der Waals surface area contributed by atoms with Crippen LogP contribution in [-0.4, -0.2) is 22.2 Å². The summed E-state index contributed by atoms with van der Waals surface area (Å²) in [4.78, 5) is 22.4. The van der Waals surface area contributed by atoms with Crippen molar-refractivity contribution in [2.75, 3.05) is 0 Å². The molecule has 25 heavy (non-hydrogen) atoms. The minimum Gasteiger partial charge on any atom is -0.478 e. The van der Waals surface area contributed by atoms with Gasteiger partial charge < -0.3 is 10.2 Å². The highest BCUT2D eigenvalue weighted by Gasteiger charge is 2.28. The summed E-state index contributed by atoms with van der Waals surface area (Å²) in [6, 6.07) is 12.4. The maximum absolute atomic E-state index is 11.2. The number of allylic oxidation sites excluding steroid dienone is 1. The summed E-state index contributed by atoms with van der Waals surface area (Å²) in [5.74, 6) is -2.26. The van der Waals surface area contributed by atoms with E-state index in [1.165, 1.54) is 24.3 Å². The highest BCUT2D eigenvalue weighted by molar-refractivity contribution is 6.07. The second kappa shape index (κ2) is 6.48. The van der Waals surface area contributed by atoms with Crippen molar-refractivity contribution in [3.05, 3.63) is 64.2 Å². The number of carboxylic acid groups (broad SMARTS) is 2. The molecule has 0 saturated heterocycles. The Hall–Kier alpha value is -3.61. The van der Waals surface area contributed by atoms with Crippen molar-refractivity contribution in [2.24, 2.45) is 0 Å². The molecule has 0 bridgehead atoms. The molecule has 2 aromatic carbocycles. The fourth-order valence-corrected chi connectivity index (χ4v) is 2.79. The number of nitrogens with zero attached hydrogens (tertiary/aromatic N) is 2. The molecule has 0 heterocycles. The molecule has 0 atom stereocenters. The molecule has 0 spiro atoms. The Morgan fingerprint density at radius 1 is 0.760 bits per heavy atom. The number of benzene rings is 2. The Bertz CT molecular complexity index is 961. The molecular formula is C18H9ClN2O4. The number of carbonyl (C=O) groups is 2. The first-order valence-corrected chi connectivity index (χ1v) is 6.78. The van der Waals surface area contributed by atoms with Crippen molar-refractivity contribution in [1.29, 1.82) is 10.5 Å². The van der Waals surface area contributed by atoms with Gasteiger partial charge >= 0.3 is 11.9 Å². The van der Waals surface area contributed by atoms with E-state index >= 15 is 0 Å². The summed E-state index contributed by atoms with van der Waals surface area (Å²) >= 11 is 0. The van der Waals surface area contributed by atoms with Crippen LogP contribution in [-0.2, 0) is 0 Å². The zero-order valence-corrected chi connectivity index (χ0v) is 13.3. The van der Waals surface area contributed by atoms with Crippen LogP contribution in [0.4, 0.5) is 0 Å². The van der Waals surface area contributed by atoms with E-state index < -0.39 is 11.9 Å². The molecule has 0 aromatic heterocycles. The number of carboxylic acids is 2. The smallest absolute Gasteiger partial charge is 0.335 e. The van der Waals surface area contributed by atoms with Crippen LogP contribution in [0.1, 0.15) is 31.8 Å². The van der Waals surface area contributed by atoms with Crippen LogP contribution in [0, 0.1) is 22.7 Å². The fourth-order valence-electron chi connectivity index (χ4n) is 2.79. The van der Waals surface area contributed by atoms with Gasteiger partial charge in [-0.05, 0) is 46.5 Å². The number of nitriles is 2. The van der Waals surface area contributed by atoms with E-state index in [-0.39, 0.29) is 34.7 Å². The molecule has 1 aliphatic carbocycles. The van der Waals surface area contributed by atoms with Gasteiger partial charge in [-0.25, -0.2) is 9.59 Å². The van der Waals surface area contributed by atoms with Gasteiger partial charge in [0.15, 0.2) is 0 Å². The first kappa shape index (κ1) is 17.7. The zero-order valence-electron chi connectivity index (χ0n) is 12.5.